The third-order valence-electron chi connectivity index (χ3n) is 4.10. The Balaban J connectivity index is 2.87. The van der Waals surface area contributed by atoms with Crippen LogP contribution in [0.5, 0.6) is 0 Å². The summed E-state index contributed by atoms with van der Waals surface area (Å²) in [5.74, 6) is 0. The van der Waals surface area contributed by atoms with Gasteiger partial charge in [-0.1, -0.05) is 20.8 Å². The van der Waals surface area contributed by atoms with Crippen LogP contribution in [0.4, 0.5) is 4.39 Å². The van der Waals surface area contributed by atoms with Gasteiger partial charge in [0.15, 0.2) is 20.8 Å². The second kappa shape index (κ2) is 5.17. The first kappa shape index (κ1) is 16.0. The molecule has 0 saturated carbocycles. The van der Waals surface area contributed by atoms with E-state index in [1.54, 1.807) is 6.92 Å². The number of rotatable bonds is 2. The van der Waals surface area contributed by atoms with E-state index >= 15 is 0 Å². The van der Waals surface area contributed by atoms with E-state index < -0.39 is 39.0 Å². The summed E-state index contributed by atoms with van der Waals surface area (Å²) in [6.45, 7) is 12.0. The van der Waals surface area contributed by atoms with Gasteiger partial charge < -0.3 is 20.0 Å². The number of aliphatic hydroxyl groups excluding tert-OH is 1. The topological polar surface area (TPSA) is 64.7 Å². The van der Waals surface area contributed by atoms with E-state index in [0.29, 0.717) is 0 Å². The summed E-state index contributed by atoms with van der Waals surface area (Å²) in [4.78, 5) is 0. The summed E-state index contributed by atoms with van der Waals surface area (Å²) in [5.41, 5.74) is 5.95. The van der Waals surface area contributed by atoms with Gasteiger partial charge in [0.1, 0.15) is 0 Å². The van der Waals surface area contributed by atoms with Crippen LogP contribution in [0.25, 0.3) is 0 Å². The van der Waals surface area contributed by atoms with Crippen LogP contribution in [-0.2, 0) is 9.16 Å². The molecule has 0 aromatic heterocycles. The van der Waals surface area contributed by atoms with Crippen molar-refractivity contribution in [3.05, 3.63) is 0 Å². The highest BCUT2D eigenvalue weighted by Gasteiger charge is 2.48. The van der Waals surface area contributed by atoms with Gasteiger partial charge in [0, 0.05) is 0 Å². The first-order chi connectivity index (χ1) is 7.97. The van der Waals surface area contributed by atoms with E-state index in [2.05, 4.69) is 20.8 Å². The summed E-state index contributed by atoms with van der Waals surface area (Å²) in [6, 6.07) is -0.558. The second-order valence-corrected chi connectivity index (χ2v) is 11.4. The van der Waals surface area contributed by atoms with E-state index in [1.807, 2.05) is 13.1 Å². The fraction of sp³-hybridized carbons (Fsp3) is 1.00. The summed E-state index contributed by atoms with van der Waals surface area (Å²) < 4.78 is 25.1. The van der Waals surface area contributed by atoms with Crippen LogP contribution in [0.15, 0.2) is 0 Å². The standard InChI is InChI=1S/C12H26FNO3Si/c1-7-9(14)10(8(13)11(15)16-7)17-18(5,6)12(2,3)4/h7-11,15H,14H2,1-6H3/t7-,8+,9-,10-,11+/m0/s1. The predicted octanol–water partition coefficient (Wildman–Crippen LogP) is 1.78. The van der Waals surface area contributed by atoms with E-state index in [9.17, 15) is 9.50 Å². The second-order valence-electron chi connectivity index (χ2n) is 6.60. The van der Waals surface area contributed by atoms with Crippen LogP contribution in [0, 0.1) is 0 Å². The summed E-state index contributed by atoms with van der Waals surface area (Å²) >= 11 is 0. The van der Waals surface area contributed by atoms with Gasteiger partial charge in [0.05, 0.1) is 18.2 Å². The molecule has 18 heavy (non-hydrogen) atoms. The number of alkyl halides is 1. The molecule has 0 aromatic rings. The molecule has 4 nitrogen and oxygen atoms in total. The minimum absolute atomic E-state index is 0.0288. The lowest BCUT2D eigenvalue weighted by Crippen LogP contribution is -2.63. The molecule has 1 aliphatic rings. The fourth-order valence-electron chi connectivity index (χ4n) is 1.69. The average molecular weight is 279 g/mol. The van der Waals surface area contributed by atoms with Gasteiger partial charge in [-0.05, 0) is 25.1 Å². The highest BCUT2D eigenvalue weighted by Crippen LogP contribution is 2.39. The number of halogens is 1. The molecule has 1 saturated heterocycles. The Morgan fingerprint density at radius 3 is 2.28 bits per heavy atom. The van der Waals surface area contributed by atoms with E-state index in [0.717, 1.165) is 0 Å². The molecule has 0 spiro atoms. The molecular weight excluding hydrogens is 253 g/mol. The van der Waals surface area contributed by atoms with Crippen LogP contribution in [0.2, 0.25) is 18.1 Å². The molecule has 108 valence electrons. The van der Waals surface area contributed by atoms with Crippen LogP contribution in [-0.4, -0.2) is 44.1 Å². The Labute approximate surface area is 110 Å². The van der Waals surface area contributed by atoms with Crippen molar-refractivity contribution in [2.24, 2.45) is 5.73 Å². The number of aliphatic hydroxyl groups is 1. The molecule has 0 amide bonds. The van der Waals surface area contributed by atoms with Crippen LogP contribution >= 0.6 is 0 Å². The monoisotopic (exact) mass is 279 g/mol. The van der Waals surface area contributed by atoms with Crippen LogP contribution in [0.3, 0.4) is 0 Å². The summed E-state index contributed by atoms with van der Waals surface area (Å²) in [5, 5.41) is 9.49. The number of nitrogens with two attached hydrogens (primary N) is 1. The Hall–Kier alpha value is -0.0131. The Morgan fingerprint density at radius 2 is 1.83 bits per heavy atom. The maximum absolute atomic E-state index is 14.0. The lowest BCUT2D eigenvalue weighted by molar-refractivity contribution is -0.227. The van der Waals surface area contributed by atoms with Crippen molar-refractivity contribution in [3.8, 4) is 0 Å². The molecule has 0 aliphatic carbocycles. The summed E-state index contributed by atoms with van der Waals surface area (Å²) in [7, 11) is -2.12. The Bertz CT molecular complexity index is 282. The van der Waals surface area contributed by atoms with Crippen molar-refractivity contribution >= 4 is 8.32 Å². The van der Waals surface area contributed by atoms with Gasteiger partial charge in [-0.3, -0.25) is 0 Å². The van der Waals surface area contributed by atoms with Gasteiger partial charge in [-0.2, -0.15) is 0 Å². The number of hydrogen-bond acceptors (Lipinski definition) is 4. The van der Waals surface area contributed by atoms with Gasteiger partial charge in [0.2, 0.25) is 0 Å². The number of ether oxygens (including phenoxy) is 1. The predicted molar refractivity (Wildman–Crippen MR) is 71.5 cm³/mol. The molecule has 1 fully saturated rings. The van der Waals surface area contributed by atoms with Gasteiger partial charge >= 0.3 is 0 Å². The first-order valence-corrected chi connectivity index (χ1v) is 9.29. The normalized spacial score (nSPS) is 38.8. The van der Waals surface area contributed by atoms with Gasteiger partial charge in [-0.25, -0.2) is 4.39 Å². The van der Waals surface area contributed by atoms with Crippen LogP contribution in [0.1, 0.15) is 27.7 Å². The highest BCUT2D eigenvalue weighted by molar-refractivity contribution is 6.74. The highest BCUT2D eigenvalue weighted by atomic mass is 28.4. The molecule has 1 rings (SSSR count). The zero-order valence-corrected chi connectivity index (χ0v) is 13.1. The van der Waals surface area contributed by atoms with Gasteiger partial charge in [0.25, 0.3) is 0 Å². The third-order valence-corrected chi connectivity index (χ3v) is 8.57. The maximum atomic E-state index is 14.0. The van der Waals surface area contributed by atoms with Crippen molar-refractivity contribution < 1.29 is 18.7 Å². The minimum atomic E-state index is -2.12. The summed E-state index contributed by atoms with van der Waals surface area (Å²) in [6.07, 6.45) is -4.26. The van der Waals surface area contributed by atoms with Crippen LogP contribution < -0.4 is 5.73 Å². The van der Waals surface area contributed by atoms with Gasteiger partial charge in [-0.15, -0.1) is 0 Å². The number of hydrogen-bond donors (Lipinski definition) is 2. The van der Waals surface area contributed by atoms with Crippen molar-refractivity contribution in [2.75, 3.05) is 0 Å². The lowest BCUT2D eigenvalue weighted by atomic mass is 9.99. The van der Waals surface area contributed by atoms with Crippen molar-refractivity contribution in [1.82, 2.24) is 0 Å². The Kier molecular flexibility index (Phi) is 4.61. The molecule has 1 heterocycles. The first-order valence-electron chi connectivity index (χ1n) is 6.38. The average Bonchev–Trinajstić information content (AvgIpc) is 2.20. The van der Waals surface area contributed by atoms with Crippen molar-refractivity contribution in [1.29, 1.82) is 0 Å². The minimum Gasteiger partial charge on any atom is -0.409 e. The third kappa shape index (κ3) is 3.11. The van der Waals surface area contributed by atoms with Crippen molar-refractivity contribution in [2.45, 2.75) is 76.5 Å². The van der Waals surface area contributed by atoms with E-state index in [-0.39, 0.29) is 5.04 Å². The molecule has 3 N–H and O–H groups in total. The molecule has 0 bridgehead atoms. The van der Waals surface area contributed by atoms with E-state index in [4.69, 9.17) is 14.9 Å². The molecule has 0 radical (unpaired) electrons. The van der Waals surface area contributed by atoms with Crippen molar-refractivity contribution in [3.63, 3.8) is 0 Å². The molecule has 5 atom stereocenters. The molecule has 0 unspecified atom stereocenters. The molecule has 1 aliphatic heterocycles. The SMILES string of the molecule is C[C@@H]1O[C@@H](O)[C@H](F)[C@H](O[Si](C)(C)C(C)(C)C)[C@H]1N. The lowest BCUT2D eigenvalue weighted by Gasteiger charge is -2.45. The zero-order valence-electron chi connectivity index (χ0n) is 12.1. The zero-order chi connectivity index (χ0) is 14.3. The molecular formula is C12H26FNO3Si. The van der Waals surface area contributed by atoms with E-state index in [1.165, 1.54) is 0 Å². The molecule has 6 heteroatoms. The Morgan fingerprint density at radius 1 is 1.33 bits per heavy atom. The quantitative estimate of drug-likeness (QED) is 0.756. The smallest absolute Gasteiger partial charge is 0.192 e. The maximum Gasteiger partial charge on any atom is 0.192 e. The fourth-order valence-corrected chi connectivity index (χ4v) is 3.01. The largest absolute Gasteiger partial charge is 0.409 e. The molecule has 0 aromatic carbocycles.